The monoisotopic (exact) mass is 230 g/mol. The van der Waals surface area contributed by atoms with Crippen LogP contribution in [0.3, 0.4) is 0 Å². The first kappa shape index (κ1) is 15.4. The second-order valence-electron chi connectivity index (χ2n) is 4.68. The fourth-order valence-corrected chi connectivity index (χ4v) is 1.35. The van der Waals surface area contributed by atoms with Crippen LogP contribution in [0.4, 0.5) is 0 Å². The summed E-state index contributed by atoms with van der Waals surface area (Å²) >= 11 is 0. The molecule has 3 nitrogen and oxygen atoms in total. The SMILES string of the molecule is CCOCC(C(=O)OCC(C)C)C(C)CC. The first-order valence-electron chi connectivity index (χ1n) is 6.27. The molecule has 0 radical (unpaired) electrons. The van der Waals surface area contributed by atoms with Gasteiger partial charge in [-0.1, -0.05) is 34.1 Å². The Kier molecular flexibility index (Phi) is 8.26. The molecule has 0 bridgehead atoms. The second kappa shape index (κ2) is 8.57. The molecule has 0 aliphatic carbocycles. The highest BCUT2D eigenvalue weighted by molar-refractivity contribution is 5.72. The summed E-state index contributed by atoms with van der Waals surface area (Å²) in [5.74, 6) is 0.458. The number of hydrogen-bond donors (Lipinski definition) is 0. The Labute approximate surface area is 99.5 Å². The molecule has 16 heavy (non-hydrogen) atoms. The highest BCUT2D eigenvalue weighted by atomic mass is 16.5. The van der Waals surface area contributed by atoms with E-state index in [1.165, 1.54) is 0 Å². The van der Waals surface area contributed by atoms with Crippen LogP contribution in [0.1, 0.15) is 41.0 Å². The van der Waals surface area contributed by atoms with Crippen molar-refractivity contribution in [3.63, 3.8) is 0 Å². The Hall–Kier alpha value is -0.570. The smallest absolute Gasteiger partial charge is 0.311 e. The van der Waals surface area contributed by atoms with Crippen LogP contribution in [0.2, 0.25) is 0 Å². The molecular weight excluding hydrogens is 204 g/mol. The zero-order valence-electron chi connectivity index (χ0n) is 11.3. The van der Waals surface area contributed by atoms with Gasteiger partial charge in [0.25, 0.3) is 0 Å². The molecule has 2 atom stereocenters. The third kappa shape index (κ3) is 6.11. The van der Waals surface area contributed by atoms with Crippen LogP contribution >= 0.6 is 0 Å². The van der Waals surface area contributed by atoms with Gasteiger partial charge in [-0.2, -0.15) is 0 Å². The molecule has 0 saturated carbocycles. The maximum atomic E-state index is 11.9. The van der Waals surface area contributed by atoms with Crippen LogP contribution in [0.15, 0.2) is 0 Å². The van der Waals surface area contributed by atoms with Gasteiger partial charge in [0.1, 0.15) is 0 Å². The summed E-state index contributed by atoms with van der Waals surface area (Å²) in [5, 5.41) is 0. The zero-order valence-corrected chi connectivity index (χ0v) is 11.3. The van der Waals surface area contributed by atoms with Gasteiger partial charge in [-0.25, -0.2) is 0 Å². The Morgan fingerprint density at radius 1 is 1.12 bits per heavy atom. The van der Waals surface area contributed by atoms with E-state index in [-0.39, 0.29) is 11.9 Å². The summed E-state index contributed by atoms with van der Waals surface area (Å²) in [6.07, 6.45) is 0.967. The fourth-order valence-electron chi connectivity index (χ4n) is 1.35. The average Bonchev–Trinajstić information content (AvgIpc) is 2.26. The van der Waals surface area contributed by atoms with Gasteiger partial charge in [0.05, 0.1) is 19.1 Å². The predicted molar refractivity (Wildman–Crippen MR) is 65.2 cm³/mol. The van der Waals surface area contributed by atoms with E-state index in [1.54, 1.807) is 0 Å². The Bertz CT molecular complexity index is 190. The van der Waals surface area contributed by atoms with Crippen molar-refractivity contribution < 1.29 is 14.3 Å². The minimum Gasteiger partial charge on any atom is -0.465 e. The second-order valence-corrected chi connectivity index (χ2v) is 4.68. The van der Waals surface area contributed by atoms with E-state index in [9.17, 15) is 4.79 Å². The molecule has 0 aliphatic heterocycles. The molecule has 2 unspecified atom stereocenters. The first-order chi connectivity index (χ1) is 7.52. The molecule has 3 heteroatoms. The van der Waals surface area contributed by atoms with Crippen molar-refractivity contribution in [1.29, 1.82) is 0 Å². The molecule has 96 valence electrons. The van der Waals surface area contributed by atoms with E-state index in [2.05, 4.69) is 13.8 Å². The third-order valence-corrected chi connectivity index (χ3v) is 2.69. The van der Waals surface area contributed by atoms with Crippen molar-refractivity contribution in [2.45, 2.75) is 41.0 Å². The van der Waals surface area contributed by atoms with Crippen LogP contribution < -0.4 is 0 Å². The molecule has 0 aromatic carbocycles. The lowest BCUT2D eigenvalue weighted by Crippen LogP contribution is -2.29. The lowest BCUT2D eigenvalue weighted by atomic mass is 9.92. The Balaban J connectivity index is 4.20. The Morgan fingerprint density at radius 3 is 2.19 bits per heavy atom. The van der Waals surface area contributed by atoms with E-state index in [1.807, 2.05) is 20.8 Å². The topological polar surface area (TPSA) is 35.5 Å². The largest absolute Gasteiger partial charge is 0.465 e. The molecule has 0 fully saturated rings. The lowest BCUT2D eigenvalue weighted by molar-refractivity contribution is -0.154. The van der Waals surface area contributed by atoms with Gasteiger partial charge < -0.3 is 9.47 Å². The molecule has 0 aliphatic rings. The number of esters is 1. The van der Waals surface area contributed by atoms with E-state index in [0.717, 1.165) is 6.42 Å². The minimum absolute atomic E-state index is 0.114. The quantitative estimate of drug-likeness (QED) is 0.601. The van der Waals surface area contributed by atoms with E-state index in [4.69, 9.17) is 9.47 Å². The number of carbonyl (C=O) groups excluding carboxylic acids is 1. The van der Waals surface area contributed by atoms with Crippen LogP contribution in [0.25, 0.3) is 0 Å². The van der Waals surface area contributed by atoms with Gasteiger partial charge in [-0.15, -0.1) is 0 Å². The van der Waals surface area contributed by atoms with Gasteiger partial charge in [0.2, 0.25) is 0 Å². The number of rotatable bonds is 8. The average molecular weight is 230 g/mol. The summed E-state index contributed by atoms with van der Waals surface area (Å²) in [5.41, 5.74) is 0. The predicted octanol–water partition coefficient (Wildman–Crippen LogP) is 2.88. The van der Waals surface area contributed by atoms with Crippen molar-refractivity contribution in [3.8, 4) is 0 Å². The maximum absolute atomic E-state index is 11.9. The van der Waals surface area contributed by atoms with Gasteiger partial charge in [0, 0.05) is 6.61 Å². The summed E-state index contributed by atoms with van der Waals surface area (Å²) < 4.78 is 10.6. The molecule has 0 rings (SSSR count). The standard InChI is InChI=1S/C13H26O3/c1-6-11(5)12(9-15-7-2)13(14)16-8-10(3)4/h10-12H,6-9H2,1-5H3. The molecule has 0 spiro atoms. The van der Waals surface area contributed by atoms with Crippen LogP contribution in [0.5, 0.6) is 0 Å². The highest BCUT2D eigenvalue weighted by Crippen LogP contribution is 2.18. The fraction of sp³-hybridized carbons (Fsp3) is 0.923. The van der Waals surface area contributed by atoms with E-state index >= 15 is 0 Å². The van der Waals surface area contributed by atoms with Gasteiger partial charge in [-0.3, -0.25) is 4.79 Å². The number of ether oxygens (including phenoxy) is 2. The number of hydrogen-bond acceptors (Lipinski definition) is 3. The number of carbonyl (C=O) groups is 1. The van der Waals surface area contributed by atoms with E-state index < -0.39 is 0 Å². The molecular formula is C13H26O3. The zero-order chi connectivity index (χ0) is 12.6. The summed E-state index contributed by atoms with van der Waals surface area (Å²) in [7, 11) is 0. The van der Waals surface area contributed by atoms with Crippen LogP contribution in [-0.2, 0) is 14.3 Å². The minimum atomic E-state index is -0.122. The summed E-state index contributed by atoms with van der Waals surface area (Å²) in [4.78, 5) is 11.9. The highest BCUT2D eigenvalue weighted by Gasteiger charge is 2.25. The normalized spacial score (nSPS) is 14.9. The van der Waals surface area contributed by atoms with Crippen molar-refractivity contribution in [3.05, 3.63) is 0 Å². The van der Waals surface area contributed by atoms with Gasteiger partial charge in [0.15, 0.2) is 0 Å². The van der Waals surface area contributed by atoms with Crippen LogP contribution in [-0.4, -0.2) is 25.8 Å². The molecule has 0 saturated heterocycles. The molecule has 0 N–H and O–H groups in total. The maximum Gasteiger partial charge on any atom is 0.311 e. The summed E-state index contributed by atoms with van der Waals surface area (Å²) in [6, 6.07) is 0. The lowest BCUT2D eigenvalue weighted by Gasteiger charge is -2.21. The molecule has 0 aromatic heterocycles. The molecule has 0 aromatic rings. The molecule has 0 amide bonds. The third-order valence-electron chi connectivity index (χ3n) is 2.69. The molecule has 0 heterocycles. The van der Waals surface area contributed by atoms with Gasteiger partial charge >= 0.3 is 5.97 Å². The first-order valence-corrected chi connectivity index (χ1v) is 6.27. The van der Waals surface area contributed by atoms with Crippen molar-refractivity contribution >= 4 is 5.97 Å². The van der Waals surface area contributed by atoms with Crippen molar-refractivity contribution in [2.24, 2.45) is 17.8 Å². The summed E-state index contributed by atoms with van der Waals surface area (Å²) in [6.45, 7) is 11.8. The van der Waals surface area contributed by atoms with Crippen LogP contribution in [0, 0.1) is 17.8 Å². The van der Waals surface area contributed by atoms with Crippen molar-refractivity contribution in [1.82, 2.24) is 0 Å². The Morgan fingerprint density at radius 2 is 1.75 bits per heavy atom. The van der Waals surface area contributed by atoms with E-state index in [0.29, 0.717) is 31.7 Å². The van der Waals surface area contributed by atoms with Gasteiger partial charge in [-0.05, 0) is 18.8 Å². The van der Waals surface area contributed by atoms with Crippen molar-refractivity contribution in [2.75, 3.05) is 19.8 Å².